The lowest BCUT2D eigenvalue weighted by molar-refractivity contribution is 0.0873. The topological polar surface area (TPSA) is 47.0 Å². The molecular weight excluding hydrogens is 234 g/mol. The SMILES string of the molecule is CSc1nccnc1COC[C@@H]1CCCCN1. The minimum absolute atomic E-state index is 0.512. The molecule has 1 atom stereocenters. The first-order valence-corrected chi connectivity index (χ1v) is 7.27. The molecule has 0 unspecified atom stereocenters. The summed E-state index contributed by atoms with van der Waals surface area (Å²) < 4.78 is 5.72. The number of hydrogen-bond acceptors (Lipinski definition) is 5. The molecule has 2 rings (SSSR count). The molecular formula is C12H19N3OS. The molecule has 17 heavy (non-hydrogen) atoms. The molecule has 0 spiro atoms. The van der Waals surface area contributed by atoms with Gasteiger partial charge < -0.3 is 10.1 Å². The third kappa shape index (κ3) is 3.94. The summed E-state index contributed by atoms with van der Waals surface area (Å²) in [6.45, 7) is 2.45. The first-order valence-electron chi connectivity index (χ1n) is 6.05. The molecule has 94 valence electrons. The van der Waals surface area contributed by atoms with Crippen molar-refractivity contribution in [2.75, 3.05) is 19.4 Å². The van der Waals surface area contributed by atoms with Gasteiger partial charge in [-0.3, -0.25) is 4.98 Å². The maximum Gasteiger partial charge on any atom is 0.120 e. The van der Waals surface area contributed by atoms with E-state index in [2.05, 4.69) is 15.3 Å². The highest BCUT2D eigenvalue weighted by atomic mass is 32.2. The molecule has 0 aromatic carbocycles. The van der Waals surface area contributed by atoms with Crippen molar-refractivity contribution in [3.63, 3.8) is 0 Å². The van der Waals surface area contributed by atoms with Crippen LogP contribution < -0.4 is 5.32 Å². The second kappa shape index (κ2) is 6.93. The number of ether oxygens (including phenoxy) is 1. The molecule has 0 aliphatic carbocycles. The van der Waals surface area contributed by atoms with Crippen LogP contribution in [0.25, 0.3) is 0 Å². The van der Waals surface area contributed by atoms with Crippen LogP contribution in [0.5, 0.6) is 0 Å². The van der Waals surface area contributed by atoms with Crippen LogP contribution in [0.3, 0.4) is 0 Å². The van der Waals surface area contributed by atoms with Gasteiger partial charge in [-0.05, 0) is 25.6 Å². The Bertz CT molecular complexity index is 342. The number of rotatable bonds is 5. The second-order valence-electron chi connectivity index (χ2n) is 4.17. The first-order chi connectivity index (χ1) is 8.40. The van der Waals surface area contributed by atoms with E-state index in [1.165, 1.54) is 19.3 Å². The zero-order valence-electron chi connectivity index (χ0n) is 10.2. The van der Waals surface area contributed by atoms with Gasteiger partial charge in [0.15, 0.2) is 0 Å². The number of aromatic nitrogens is 2. The lowest BCUT2D eigenvalue weighted by Crippen LogP contribution is -2.37. The molecule has 1 aromatic heterocycles. The van der Waals surface area contributed by atoms with Crippen molar-refractivity contribution in [3.05, 3.63) is 18.1 Å². The molecule has 2 heterocycles. The fourth-order valence-corrected chi connectivity index (χ4v) is 2.50. The summed E-state index contributed by atoms with van der Waals surface area (Å²) in [4.78, 5) is 8.57. The lowest BCUT2D eigenvalue weighted by atomic mass is 10.1. The smallest absolute Gasteiger partial charge is 0.120 e. The summed E-state index contributed by atoms with van der Waals surface area (Å²) in [6.07, 6.45) is 9.26. The highest BCUT2D eigenvalue weighted by Gasteiger charge is 2.13. The molecule has 1 aliphatic rings. The largest absolute Gasteiger partial charge is 0.373 e. The van der Waals surface area contributed by atoms with Gasteiger partial charge in [-0.1, -0.05) is 6.42 Å². The third-order valence-electron chi connectivity index (χ3n) is 2.90. The fourth-order valence-electron chi connectivity index (χ4n) is 1.99. The molecule has 1 N–H and O–H groups in total. The van der Waals surface area contributed by atoms with Crippen LogP contribution in [0, 0.1) is 0 Å². The normalized spacial score (nSPS) is 20.4. The average molecular weight is 253 g/mol. The van der Waals surface area contributed by atoms with Crippen molar-refractivity contribution in [3.8, 4) is 0 Å². The molecule has 1 saturated heterocycles. The van der Waals surface area contributed by atoms with Crippen LogP contribution in [0.1, 0.15) is 25.0 Å². The zero-order chi connectivity index (χ0) is 11.9. The van der Waals surface area contributed by atoms with Gasteiger partial charge >= 0.3 is 0 Å². The van der Waals surface area contributed by atoms with Gasteiger partial charge in [0, 0.05) is 18.4 Å². The van der Waals surface area contributed by atoms with E-state index in [-0.39, 0.29) is 0 Å². The second-order valence-corrected chi connectivity index (χ2v) is 4.97. The van der Waals surface area contributed by atoms with E-state index in [0.29, 0.717) is 12.6 Å². The number of nitrogens with one attached hydrogen (secondary N) is 1. The van der Waals surface area contributed by atoms with Gasteiger partial charge in [-0.2, -0.15) is 0 Å². The summed E-state index contributed by atoms with van der Waals surface area (Å²) in [7, 11) is 0. The maximum atomic E-state index is 5.72. The molecule has 4 nitrogen and oxygen atoms in total. The van der Waals surface area contributed by atoms with Gasteiger partial charge in [0.1, 0.15) is 5.03 Å². The molecule has 0 amide bonds. The van der Waals surface area contributed by atoms with Crippen molar-refractivity contribution in [1.29, 1.82) is 0 Å². The van der Waals surface area contributed by atoms with Crippen molar-refractivity contribution in [2.45, 2.75) is 36.9 Å². The Kier molecular flexibility index (Phi) is 5.22. The van der Waals surface area contributed by atoms with Gasteiger partial charge in [-0.15, -0.1) is 11.8 Å². The van der Waals surface area contributed by atoms with Crippen molar-refractivity contribution in [1.82, 2.24) is 15.3 Å². The van der Waals surface area contributed by atoms with E-state index in [9.17, 15) is 0 Å². The predicted octanol–water partition coefficient (Wildman–Crippen LogP) is 1.86. The van der Waals surface area contributed by atoms with E-state index < -0.39 is 0 Å². The van der Waals surface area contributed by atoms with Gasteiger partial charge in [0.25, 0.3) is 0 Å². The summed E-state index contributed by atoms with van der Waals surface area (Å²) in [5.41, 5.74) is 0.941. The summed E-state index contributed by atoms with van der Waals surface area (Å²) in [5, 5.41) is 4.43. The standard InChI is InChI=1S/C12H19N3OS/c1-17-12-11(14-6-7-15-12)9-16-8-10-4-2-3-5-13-10/h6-7,10,13H,2-5,8-9H2,1H3/t10-/m0/s1. The molecule has 1 aromatic rings. The predicted molar refractivity (Wildman–Crippen MR) is 69.1 cm³/mol. The molecule has 0 bridgehead atoms. The summed E-state index contributed by atoms with van der Waals surface area (Å²) in [5.74, 6) is 0. The molecule has 1 aliphatic heterocycles. The van der Waals surface area contributed by atoms with Crippen molar-refractivity contribution in [2.24, 2.45) is 0 Å². The lowest BCUT2D eigenvalue weighted by Gasteiger charge is -2.23. The molecule has 1 fully saturated rings. The first kappa shape index (κ1) is 12.8. The fraction of sp³-hybridized carbons (Fsp3) is 0.667. The molecule has 5 heteroatoms. The number of thioether (sulfide) groups is 1. The van der Waals surface area contributed by atoms with Crippen LogP contribution in [0.15, 0.2) is 17.4 Å². The highest BCUT2D eigenvalue weighted by Crippen LogP contribution is 2.15. The zero-order valence-corrected chi connectivity index (χ0v) is 11.0. The Hall–Kier alpha value is -0.650. The van der Waals surface area contributed by atoms with Crippen LogP contribution in [-0.4, -0.2) is 35.4 Å². The van der Waals surface area contributed by atoms with Crippen LogP contribution in [0.2, 0.25) is 0 Å². The van der Waals surface area contributed by atoms with Gasteiger partial charge in [0.2, 0.25) is 0 Å². The average Bonchev–Trinajstić information content (AvgIpc) is 2.40. The van der Waals surface area contributed by atoms with E-state index in [1.807, 2.05) is 6.26 Å². The minimum atomic E-state index is 0.512. The Morgan fingerprint density at radius 2 is 2.29 bits per heavy atom. The van der Waals surface area contributed by atoms with Crippen molar-refractivity contribution < 1.29 is 4.74 Å². The number of hydrogen-bond donors (Lipinski definition) is 1. The Morgan fingerprint density at radius 3 is 3.06 bits per heavy atom. The third-order valence-corrected chi connectivity index (χ3v) is 3.63. The van der Waals surface area contributed by atoms with Crippen LogP contribution in [0.4, 0.5) is 0 Å². The van der Waals surface area contributed by atoms with E-state index >= 15 is 0 Å². The molecule has 0 saturated carbocycles. The minimum Gasteiger partial charge on any atom is -0.373 e. The number of piperidine rings is 1. The molecule has 0 radical (unpaired) electrons. The summed E-state index contributed by atoms with van der Waals surface area (Å²) >= 11 is 1.61. The quantitative estimate of drug-likeness (QED) is 0.812. The Balaban J connectivity index is 1.77. The van der Waals surface area contributed by atoms with E-state index in [4.69, 9.17) is 4.74 Å². The van der Waals surface area contributed by atoms with E-state index in [0.717, 1.165) is 23.9 Å². The Morgan fingerprint density at radius 1 is 1.41 bits per heavy atom. The van der Waals surface area contributed by atoms with Gasteiger partial charge in [0.05, 0.1) is 18.9 Å². The monoisotopic (exact) mass is 253 g/mol. The van der Waals surface area contributed by atoms with E-state index in [1.54, 1.807) is 24.2 Å². The highest BCUT2D eigenvalue weighted by molar-refractivity contribution is 7.98. The van der Waals surface area contributed by atoms with Crippen molar-refractivity contribution >= 4 is 11.8 Å². The maximum absolute atomic E-state index is 5.72. The number of nitrogens with zero attached hydrogens (tertiary/aromatic N) is 2. The van der Waals surface area contributed by atoms with Crippen LogP contribution >= 0.6 is 11.8 Å². The Labute approximate surface area is 107 Å². The summed E-state index contributed by atoms with van der Waals surface area (Å²) in [6, 6.07) is 0.512. The van der Waals surface area contributed by atoms with Gasteiger partial charge in [-0.25, -0.2) is 4.98 Å². The van der Waals surface area contributed by atoms with Crippen LogP contribution in [-0.2, 0) is 11.3 Å².